The van der Waals surface area contributed by atoms with Gasteiger partial charge in [0.05, 0.1) is 6.42 Å². The highest BCUT2D eigenvalue weighted by molar-refractivity contribution is 7.08. The fourth-order valence-corrected chi connectivity index (χ4v) is 3.29. The van der Waals surface area contributed by atoms with Crippen molar-refractivity contribution in [2.75, 3.05) is 11.4 Å². The van der Waals surface area contributed by atoms with E-state index in [0.29, 0.717) is 19.4 Å². The number of nitrogens with zero attached hydrogens (tertiary/aromatic N) is 1. The summed E-state index contributed by atoms with van der Waals surface area (Å²) in [4.78, 5) is 26.2. The number of benzene rings is 1. The fourth-order valence-electron chi connectivity index (χ4n) is 2.62. The second-order valence-electron chi connectivity index (χ2n) is 5.54. The molecule has 2 aromatic rings. The van der Waals surface area contributed by atoms with E-state index in [-0.39, 0.29) is 11.8 Å². The zero-order valence-electron chi connectivity index (χ0n) is 12.4. The molecular formula is C17H18N2O2S. The summed E-state index contributed by atoms with van der Waals surface area (Å²) in [5, 5.41) is 6.75. The van der Waals surface area contributed by atoms with Gasteiger partial charge in [-0.3, -0.25) is 9.59 Å². The summed E-state index contributed by atoms with van der Waals surface area (Å²) < 4.78 is 0. The molecule has 114 valence electrons. The van der Waals surface area contributed by atoms with E-state index in [1.165, 1.54) is 0 Å². The predicted molar refractivity (Wildman–Crippen MR) is 88.1 cm³/mol. The van der Waals surface area contributed by atoms with Gasteiger partial charge in [0, 0.05) is 12.2 Å². The summed E-state index contributed by atoms with van der Waals surface area (Å²) in [7, 11) is 0. The molecule has 1 aromatic heterocycles. The minimum absolute atomic E-state index is 0.0254. The number of hydrogen-bond acceptors (Lipinski definition) is 3. The smallest absolute Gasteiger partial charge is 0.249 e. The van der Waals surface area contributed by atoms with Gasteiger partial charge >= 0.3 is 0 Å². The maximum atomic E-state index is 12.4. The first-order valence-corrected chi connectivity index (χ1v) is 8.26. The SMILES string of the molecule is Cc1ccc(N2CC[C@H](NC(=O)Cc3ccsc3)C2=O)cc1. The third-order valence-corrected chi connectivity index (χ3v) is 4.56. The van der Waals surface area contributed by atoms with Gasteiger partial charge in [-0.15, -0.1) is 0 Å². The second-order valence-corrected chi connectivity index (χ2v) is 6.32. The van der Waals surface area contributed by atoms with Crippen LogP contribution >= 0.6 is 11.3 Å². The minimum Gasteiger partial charge on any atom is -0.344 e. The van der Waals surface area contributed by atoms with E-state index < -0.39 is 6.04 Å². The first-order chi connectivity index (χ1) is 10.6. The molecule has 0 spiro atoms. The maximum Gasteiger partial charge on any atom is 0.249 e. The van der Waals surface area contributed by atoms with Crippen molar-refractivity contribution in [2.45, 2.75) is 25.8 Å². The first kappa shape index (κ1) is 14.8. The van der Waals surface area contributed by atoms with Crippen molar-refractivity contribution in [3.63, 3.8) is 0 Å². The van der Waals surface area contributed by atoms with Crippen LogP contribution in [-0.2, 0) is 16.0 Å². The number of thiophene rings is 1. The van der Waals surface area contributed by atoms with Crippen molar-refractivity contribution in [3.8, 4) is 0 Å². The van der Waals surface area contributed by atoms with Crippen molar-refractivity contribution >= 4 is 28.8 Å². The molecule has 1 saturated heterocycles. The molecular weight excluding hydrogens is 296 g/mol. The van der Waals surface area contributed by atoms with Gasteiger partial charge in [-0.05, 0) is 47.9 Å². The van der Waals surface area contributed by atoms with Crippen LogP contribution in [0.2, 0.25) is 0 Å². The molecule has 1 aliphatic heterocycles. The Hall–Kier alpha value is -2.14. The van der Waals surface area contributed by atoms with Crippen LogP contribution in [0.1, 0.15) is 17.5 Å². The molecule has 3 rings (SSSR count). The van der Waals surface area contributed by atoms with Crippen LogP contribution in [0.15, 0.2) is 41.1 Å². The van der Waals surface area contributed by atoms with Gasteiger partial charge < -0.3 is 10.2 Å². The van der Waals surface area contributed by atoms with Gasteiger partial charge in [-0.1, -0.05) is 17.7 Å². The molecule has 1 fully saturated rings. The van der Waals surface area contributed by atoms with Crippen LogP contribution in [0.25, 0.3) is 0 Å². The minimum atomic E-state index is -0.410. The Bertz CT molecular complexity index is 664. The van der Waals surface area contributed by atoms with E-state index in [2.05, 4.69) is 5.32 Å². The number of nitrogens with one attached hydrogen (secondary N) is 1. The number of aryl methyl sites for hydroxylation is 1. The van der Waals surface area contributed by atoms with Gasteiger partial charge in [0.2, 0.25) is 11.8 Å². The molecule has 1 atom stereocenters. The van der Waals surface area contributed by atoms with Crippen molar-refractivity contribution in [3.05, 3.63) is 52.2 Å². The summed E-state index contributed by atoms with van der Waals surface area (Å²) in [6.07, 6.45) is 0.986. The molecule has 0 saturated carbocycles. The lowest BCUT2D eigenvalue weighted by Crippen LogP contribution is -2.42. The molecule has 1 aliphatic rings. The van der Waals surface area contributed by atoms with Gasteiger partial charge in [-0.25, -0.2) is 0 Å². The molecule has 0 radical (unpaired) electrons. The molecule has 1 aromatic carbocycles. The number of anilines is 1. The summed E-state index contributed by atoms with van der Waals surface area (Å²) >= 11 is 1.57. The summed E-state index contributed by atoms with van der Waals surface area (Å²) in [6.45, 7) is 2.66. The van der Waals surface area contributed by atoms with Crippen molar-refractivity contribution < 1.29 is 9.59 Å². The molecule has 1 N–H and O–H groups in total. The predicted octanol–water partition coefficient (Wildman–Crippen LogP) is 2.52. The van der Waals surface area contributed by atoms with E-state index >= 15 is 0 Å². The van der Waals surface area contributed by atoms with E-state index in [1.54, 1.807) is 16.2 Å². The standard InChI is InChI=1S/C17H18N2O2S/c1-12-2-4-14(5-3-12)19-8-6-15(17(19)21)18-16(20)10-13-7-9-22-11-13/h2-5,7,9,11,15H,6,8,10H2,1H3,(H,18,20)/t15-/m0/s1. The Morgan fingerprint density at radius 2 is 2.09 bits per heavy atom. The number of carbonyl (C=O) groups is 2. The molecule has 22 heavy (non-hydrogen) atoms. The molecule has 5 heteroatoms. The van der Waals surface area contributed by atoms with Crippen LogP contribution in [-0.4, -0.2) is 24.4 Å². The largest absolute Gasteiger partial charge is 0.344 e. The monoisotopic (exact) mass is 314 g/mol. The number of hydrogen-bond donors (Lipinski definition) is 1. The number of carbonyl (C=O) groups excluding carboxylic acids is 2. The van der Waals surface area contributed by atoms with Crippen LogP contribution in [0.3, 0.4) is 0 Å². The molecule has 0 bridgehead atoms. The highest BCUT2D eigenvalue weighted by atomic mass is 32.1. The maximum absolute atomic E-state index is 12.4. The Morgan fingerprint density at radius 3 is 2.77 bits per heavy atom. The third kappa shape index (κ3) is 3.20. The molecule has 0 unspecified atom stereocenters. The number of rotatable bonds is 4. The first-order valence-electron chi connectivity index (χ1n) is 7.32. The average molecular weight is 314 g/mol. The van der Waals surface area contributed by atoms with E-state index in [4.69, 9.17) is 0 Å². The Balaban J connectivity index is 1.61. The normalized spacial score (nSPS) is 17.8. The molecule has 2 amide bonds. The lowest BCUT2D eigenvalue weighted by molar-refractivity contribution is -0.126. The highest BCUT2D eigenvalue weighted by Gasteiger charge is 2.33. The Kier molecular flexibility index (Phi) is 4.24. The lowest BCUT2D eigenvalue weighted by Gasteiger charge is -2.17. The quantitative estimate of drug-likeness (QED) is 0.943. The van der Waals surface area contributed by atoms with Crippen LogP contribution < -0.4 is 10.2 Å². The van der Waals surface area contributed by atoms with Gasteiger partial charge in [0.25, 0.3) is 0 Å². The molecule has 0 aliphatic carbocycles. The van der Waals surface area contributed by atoms with Crippen molar-refractivity contribution in [2.24, 2.45) is 0 Å². The van der Waals surface area contributed by atoms with E-state index in [0.717, 1.165) is 16.8 Å². The van der Waals surface area contributed by atoms with Gasteiger partial charge in [0.15, 0.2) is 0 Å². The van der Waals surface area contributed by atoms with Crippen LogP contribution in [0.5, 0.6) is 0 Å². The Morgan fingerprint density at radius 1 is 1.32 bits per heavy atom. The van der Waals surface area contributed by atoms with Crippen molar-refractivity contribution in [1.82, 2.24) is 5.32 Å². The van der Waals surface area contributed by atoms with Crippen LogP contribution in [0.4, 0.5) is 5.69 Å². The van der Waals surface area contributed by atoms with Gasteiger partial charge in [0.1, 0.15) is 6.04 Å². The zero-order chi connectivity index (χ0) is 15.5. The van der Waals surface area contributed by atoms with Crippen molar-refractivity contribution in [1.29, 1.82) is 0 Å². The topological polar surface area (TPSA) is 49.4 Å². The molecule has 2 heterocycles. The van der Waals surface area contributed by atoms with Gasteiger partial charge in [-0.2, -0.15) is 11.3 Å². The van der Waals surface area contributed by atoms with E-state index in [9.17, 15) is 9.59 Å². The number of amides is 2. The fraction of sp³-hybridized carbons (Fsp3) is 0.294. The third-order valence-electron chi connectivity index (χ3n) is 3.83. The highest BCUT2D eigenvalue weighted by Crippen LogP contribution is 2.22. The molecule has 4 nitrogen and oxygen atoms in total. The summed E-state index contributed by atoms with van der Waals surface area (Å²) in [6, 6.07) is 9.40. The second kappa shape index (κ2) is 6.32. The van der Waals surface area contributed by atoms with E-state index in [1.807, 2.05) is 48.0 Å². The van der Waals surface area contributed by atoms with Crippen LogP contribution in [0, 0.1) is 6.92 Å². The zero-order valence-corrected chi connectivity index (χ0v) is 13.2. The average Bonchev–Trinajstić information content (AvgIpc) is 3.11. The Labute approximate surface area is 133 Å². The lowest BCUT2D eigenvalue weighted by atomic mass is 10.2. The summed E-state index contributed by atoms with van der Waals surface area (Å²) in [5.74, 6) is -0.120. The summed E-state index contributed by atoms with van der Waals surface area (Å²) in [5.41, 5.74) is 3.05.